The maximum atomic E-state index is 12.1. The van der Waals surface area contributed by atoms with Crippen LogP contribution in [0, 0.1) is 22.7 Å². The number of carbonyl (C=O) groups is 2. The molecule has 1 fully saturated rings. The van der Waals surface area contributed by atoms with Gasteiger partial charge in [0.05, 0.1) is 0 Å². The minimum absolute atomic E-state index is 0.0162. The maximum Gasteiger partial charge on any atom is 0.181 e. The van der Waals surface area contributed by atoms with Gasteiger partial charge in [-0.3, -0.25) is 9.59 Å². The van der Waals surface area contributed by atoms with Crippen LogP contribution in [0.15, 0.2) is 47.1 Å². The van der Waals surface area contributed by atoms with Crippen LogP contribution >= 0.6 is 0 Å². The molecule has 0 bridgehead atoms. The summed E-state index contributed by atoms with van der Waals surface area (Å²) >= 11 is 0. The number of ketones is 2. The average molecular weight is 322 g/mol. The molecule has 1 saturated carbocycles. The third-order valence-corrected chi connectivity index (χ3v) is 7.40. The van der Waals surface area contributed by atoms with Gasteiger partial charge in [0.15, 0.2) is 5.78 Å². The molecule has 126 valence electrons. The lowest BCUT2D eigenvalue weighted by molar-refractivity contribution is -0.123. The van der Waals surface area contributed by atoms with Crippen LogP contribution in [-0.4, -0.2) is 11.6 Å². The Hall–Kier alpha value is -1.70. The van der Waals surface area contributed by atoms with Crippen molar-refractivity contribution < 1.29 is 9.59 Å². The van der Waals surface area contributed by atoms with Crippen molar-refractivity contribution in [3.8, 4) is 0 Å². The molecule has 4 rings (SSSR count). The highest BCUT2D eigenvalue weighted by Gasteiger charge is 2.53. The Balaban J connectivity index is 1.86. The van der Waals surface area contributed by atoms with Crippen molar-refractivity contribution in [2.24, 2.45) is 22.7 Å². The van der Waals surface area contributed by atoms with Crippen molar-refractivity contribution in [1.82, 2.24) is 0 Å². The molecule has 24 heavy (non-hydrogen) atoms. The molecule has 2 nitrogen and oxygen atoms in total. The number of rotatable bonds is 1. The standard InChI is InChI=1S/C22H26O2/c1-13-12-22(4)15(11-20(13)24)5-6-16-18-8-7-17(14(2)23)21(18,3)10-9-19(16)22/h5-6,11,17,19H,1,7-10,12H2,2-4H3/t17-,19+,21-,22+/m1/s1. The van der Waals surface area contributed by atoms with Crippen molar-refractivity contribution in [1.29, 1.82) is 0 Å². The SMILES string of the molecule is C=C1C[C@@]2(C)C(=CC1=O)C=CC1=C3CC[C@H](C(C)=O)[C@@]3(C)CC[C@@H]12. The second-order valence-electron chi connectivity index (χ2n) is 8.64. The lowest BCUT2D eigenvalue weighted by Gasteiger charge is -2.50. The molecule has 4 atom stereocenters. The van der Waals surface area contributed by atoms with Crippen molar-refractivity contribution >= 4 is 11.6 Å². The van der Waals surface area contributed by atoms with Crippen molar-refractivity contribution in [3.63, 3.8) is 0 Å². The molecule has 0 N–H and O–H groups in total. The third-order valence-electron chi connectivity index (χ3n) is 7.40. The van der Waals surface area contributed by atoms with E-state index in [0.717, 1.165) is 37.7 Å². The second-order valence-corrected chi connectivity index (χ2v) is 8.64. The van der Waals surface area contributed by atoms with Crippen LogP contribution in [0.5, 0.6) is 0 Å². The topological polar surface area (TPSA) is 34.1 Å². The first-order chi connectivity index (χ1) is 11.3. The number of hydrogen-bond acceptors (Lipinski definition) is 2. The molecule has 2 heteroatoms. The highest BCUT2D eigenvalue weighted by atomic mass is 16.1. The van der Waals surface area contributed by atoms with Crippen LogP contribution in [0.2, 0.25) is 0 Å². The van der Waals surface area contributed by atoms with Gasteiger partial charge in [-0.1, -0.05) is 38.2 Å². The third kappa shape index (κ3) is 1.89. The maximum absolute atomic E-state index is 12.1. The van der Waals surface area contributed by atoms with Gasteiger partial charge in [0.1, 0.15) is 5.78 Å². The molecule has 0 amide bonds. The summed E-state index contributed by atoms with van der Waals surface area (Å²) in [5.74, 6) is 1.06. The van der Waals surface area contributed by atoms with E-state index in [4.69, 9.17) is 0 Å². The molecule has 0 saturated heterocycles. The fourth-order valence-corrected chi connectivity index (χ4v) is 6.03. The van der Waals surface area contributed by atoms with Gasteiger partial charge in [0.25, 0.3) is 0 Å². The fraction of sp³-hybridized carbons (Fsp3) is 0.545. The predicted molar refractivity (Wildman–Crippen MR) is 95.4 cm³/mol. The predicted octanol–water partition coefficient (Wildman–Crippen LogP) is 4.73. The molecule has 0 spiro atoms. The summed E-state index contributed by atoms with van der Waals surface area (Å²) in [6.45, 7) is 10.4. The first-order valence-electron chi connectivity index (χ1n) is 9.14. The highest BCUT2D eigenvalue weighted by Crippen LogP contribution is 2.62. The van der Waals surface area contributed by atoms with E-state index in [0.29, 0.717) is 11.7 Å². The van der Waals surface area contributed by atoms with Crippen LogP contribution in [0.25, 0.3) is 0 Å². The zero-order valence-electron chi connectivity index (χ0n) is 14.9. The molecule has 0 aromatic rings. The normalized spacial score (nSPS) is 40.9. The Kier molecular flexibility index (Phi) is 3.23. The molecule has 4 aliphatic rings. The summed E-state index contributed by atoms with van der Waals surface area (Å²) in [5.41, 5.74) is 4.90. The molecule has 0 radical (unpaired) electrons. The Morgan fingerprint density at radius 1 is 1.21 bits per heavy atom. The number of fused-ring (bicyclic) bond motifs is 4. The Morgan fingerprint density at radius 2 is 1.96 bits per heavy atom. The molecule has 0 aliphatic heterocycles. The summed E-state index contributed by atoms with van der Waals surface area (Å²) in [4.78, 5) is 24.2. The van der Waals surface area contributed by atoms with E-state index in [9.17, 15) is 9.59 Å². The summed E-state index contributed by atoms with van der Waals surface area (Å²) in [6.07, 6.45) is 11.2. The van der Waals surface area contributed by atoms with E-state index in [-0.39, 0.29) is 22.5 Å². The molecule has 0 aromatic carbocycles. The van der Waals surface area contributed by atoms with Gasteiger partial charge in [0.2, 0.25) is 0 Å². The molecule has 0 heterocycles. The quantitative estimate of drug-likeness (QED) is 0.654. The highest BCUT2D eigenvalue weighted by molar-refractivity contribution is 6.05. The van der Waals surface area contributed by atoms with E-state index < -0.39 is 0 Å². The second kappa shape index (κ2) is 4.91. The number of allylic oxidation sites excluding steroid dienone is 7. The van der Waals surface area contributed by atoms with E-state index >= 15 is 0 Å². The number of carbonyl (C=O) groups excluding carboxylic acids is 2. The van der Waals surface area contributed by atoms with Gasteiger partial charge in [0, 0.05) is 11.3 Å². The number of hydrogen-bond donors (Lipinski definition) is 0. The minimum atomic E-state index is -0.0162. The van der Waals surface area contributed by atoms with Crippen LogP contribution in [0.4, 0.5) is 0 Å². The smallest absolute Gasteiger partial charge is 0.181 e. The van der Waals surface area contributed by atoms with E-state index in [1.165, 1.54) is 16.7 Å². The first-order valence-corrected chi connectivity index (χ1v) is 9.14. The van der Waals surface area contributed by atoms with Gasteiger partial charge in [-0.2, -0.15) is 0 Å². The van der Waals surface area contributed by atoms with E-state index in [1.54, 1.807) is 13.0 Å². The fourth-order valence-electron chi connectivity index (χ4n) is 6.03. The lowest BCUT2D eigenvalue weighted by Crippen LogP contribution is -2.42. The monoisotopic (exact) mass is 322 g/mol. The largest absolute Gasteiger partial charge is 0.300 e. The Bertz CT molecular complexity index is 763. The molecular weight excluding hydrogens is 296 g/mol. The van der Waals surface area contributed by atoms with Crippen molar-refractivity contribution in [2.45, 2.75) is 52.9 Å². The van der Waals surface area contributed by atoms with E-state index in [1.807, 2.05) is 0 Å². The average Bonchev–Trinajstić information content (AvgIpc) is 2.86. The Labute approximate surface area is 144 Å². The zero-order valence-corrected chi connectivity index (χ0v) is 14.9. The number of Topliss-reactive ketones (excluding diaryl/α,β-unsaturated/α-hetero) is 1. The first kappa shape index (κ1) is 15.8. The van der Waals surface area contributed by atoms with Gasteiger partial charge in [-0.15, -0.1) is 0 Å². The summed E-state index contributed by atoms with van der Waals surface area (Å²) in [5, 5.41) is 0. The van der Waals surface area contributed by atoms with Gasteiger partial charge < -0.3 is 0 Å². The summed E-state index contributed by atoms with van der Waals surface area (Å²) < 4.78 is 0. The van der Waals surface area contributed by atoms with Crippen LogP contribution in [0.3, 0.4) is 0 Å². The van der Waals surface area contributed by atoms with Crippen molar-refractivity contribution in [3.05, 3.63) is 47.1 Å². The van der Waals surface area contributed by atoms with Gasteiger partial charge in [-0.05, 0) is 73.2 Å². The zero-order chi connectivity index (χ0) is 17.3. The van der Waals surface area contributed by atoms with Crippen LogP contribution in [-0.2, 0) is 9.59 Å². The molecular formula is C22H26O2. The summed E-state index contributed by atoms with van der Waals surface area (Å²) in [7, 11) is 0. The van der Waals surface area contributed by atoms with Crippen LogP contribution in [0.1, 0.15) is 52.9 Å². The summed E-state index contributed by atoms with van der Waals surface area (Å²) in [6, 6.07) is 0. The van der Waals surface area contributed by atoms with Crippen LogP contribution < -0.4 is 0 Å². The lowest BCUT2D eigenvalue weighted by atomic mass is 9.53. The van der Waals surface area contributed by atoms with E-state index in [2.05, 4.69) is 32.6 Å². The molecule has 4 aliphatic carbocycles. The molecule has 0 aromatic heterocycles. The van der Waals surface area contributed by atoms with Gasteiger partial charge >= 0.3 is 0 Å². The molecule has 0 unspecified atom stereocenters. The Morgan fingerprint density at radius 3 is 2.67 bits per heavy atom. The van der Waals surface area contributed by atoms with Gasteiger partial charge in [-0.25, -0.2) is 0 Å². The minimum Gasteiger partial charge on any atom is -0.300 e. The van der Waals surface area contributed by atoms with Crippen molar-refractivity contribution in [2.75, 3.05) is 0 Å².